The highest BCUT2D eigenvalue weighted by molar-refractivity contribution is 8.03. The number of thioether (sulfide) groups is 1. The van der Waals surface area contributed by atoms with Crippen LogP contribution in [0.4, 0.5) is 0 Å². The highest BCUT2D eigenvalue weighted by Crippen LogP contribution is 2.26. The average Bonchev–Trinajstić information content (AvgIpc) is 2.32. The third-order valence-corrected chi connectivity index (χ3v) is 3.16. The quantitative estimate of drug-likeness (QED) is 0.411. The molecular formula is C12H23NO3S. The minimum absolute atomic E-state index is 0.194. The Labute approximate surface area is 108 Å². The first kappa shape index (κ1) is 16.3. The molecule has 0 aromatic heterocycles. The highest BCUT2D eigenvalue weighted by atomic mass is 32.2. The molecule has 0 aliphatic rings. The van der Waals surface area contributed by atoms with Crippen molar-refractivity contribution in [3.8, 4) is 0 Å². The molecule has 0 heterocycles. The summed E-state index contributed by atoms with van der Waals surface area (Å²) in [6.45, 7) is 5.11. The van der Waals surface area contributed by atoms with Gasteiger partial charge in [-0.1, -0.05) is 6.92 Å². The van der Waals surface area contributed by atoms with E-state index in [1.807, 2.05) is 20.2 Å². The van der Waals surface area contributed by atoms with Crippen molar-refractivity contribution in [3.05, 3.63) is 10.7 Å². The summed E-state index contributed by atoms with van der Waals surface area (Å²) in [5.74, 6) is 0.610. The van der Waals surface area contributed by atoms with Crippen LogP contribution in [0, 0.1) is 5.92 Å². The maximum Gasteiger partial charge on any atom is 0.348 e. The molecule has 0 aliphatic heterocycles. The largest absolute Gasteiger partial charge is 0.499 e. The minimum Gasteiger partial charge on any atom is -0.499 e. The number of carbonyl (C=O) groups is 1. The van der Waals surface area contributed by atoms with Crippen LogP contribution in [0.15, 0.2) is 10.7 Å². The highest BCUT2D eigenvalue weighted by Gasteiger charge is 2.21. The van der Waals surface area contributed by atoms with Crippen molar-refractivity contribution in [1.82, 2.24) is 5.32 Å². The van der Waals surface area contributed by atoms with Crippen LogP contribution in [0.5, 0.6) is 0 Å². The second kappa shape index (κ2) is 9.36. The van der Waals surface area contributed by atoms with Crippen molar-refractivity contribution in [2.45, 2.75) is 20.3 Å². The Hall–Kier alpha value is -0.680. The van der Waals surface area contributed by atoms with E-state index in [1.54, 1.807) is 14.0 Å². The molecule has 0 spiro atoms. The van der Waals surface area contributed by atoms with Gasteiger partial charge in [-0.3, -0.25) is 0 Å². The molecule has 0 saturated heterocycles. The van der Waals surface area contributed by atoms with Gasteiger partial charge in [0.15, 0.2) is 0 Å². The zero-order valence-electron chi connectivity index (χ0n) is 11.3. The molecule has 5 heteroatoms. The molecule has 0 amide bonds. The lowest BCUT2D eigenvalue weighted by atomic mass is 10.1. The van der Waals surface area contributed by atoms with Crippen molar-refractivity contribution in [1.29, 1.82) is 0 Å². The molecule has 1 unspecified atom stereocenters. The van der Waals surface area contributed by atoms with E-state index in [1.165, 1.54) is 11.8 Å². The fourth-order valence-electron chi connectivity index (χ4n) is 1.49. The number of carbonyl (C=O) groups excluding carboxylic acids is 1. The van der Waals surface area contributed by atoms with Gasteiger partial charge >= 0.3 is 5.97 Å². The Kier molecular flexibility index (Phi) is 8.99. The van der Waals surface area contributed by atoms with Gasteiger partial charge in [-0.25, -0.2) is 4.79 Å². The van der Waals surface area contributed by atoms with Crippen LogP contribution in [0.2, 0.25) is 0 Å². The zero-order valence-corrected chi connectivity index (χ0v) is 12.1. The van der Waals surface area contributed by atoms with Gasteiger partial charge in [-0.05, 0) is 33.2 Å². The third kappa shape index (κ3) is 5.46. The smallest absolute Gasteiger partial charge is 0.348 e. The van der Waals surface area contributed by atoms with E-state index in [2.05, 4.69) is 5.32 Å². The molecule has 100 valence electrons. The first-order chi connectivity index (χ1) is 8.12. The summed E-state index contributed by atoms with van der Waals surface area (Å²) < 4.78 is 10.4. The lowest BCUT2D eigenvalue weighted by Crippen LogP contribution is -2.17. The van der Waals surface area contributed by atoms with Crippen molar-refractivity contribution >= 4 is 17.7 Å². The van der Waals surface area contributed by atoms with Crippen LogP contribution in [0.1, 0.15) is 20.3 Å². The molecule has 0 aromatic rings. The van der Waals surface area contributed by atoms with Gasteiger partial charge in [0.05, 0.1) is 13.7 Å². The van der Waals surface area contributed by atoms with E-state index < -0.39 is 0 Å². The Morgan fingerprint density at radius 1 is 1.47 bits per heavy atom. The predicted molar refractivity (Wildman–Crippen MR) is 71.9 cm³/mol. The zero-order chi connectivity index (χ0) is 13.3. The first-order valence-corrected chi connectivity index (χ1v) is 6.98. The lowest BCUT2D eigenvalue weighted by molar-refractivity contribution is -0.137. The van der Waals surface area contributed by atoms with Gasteiger partial charge in [0.25, 0.3) is 0 Å². The number of methoxy groups -OCH3 is 1. The molecule has 0 rings (SSSR count). The number of hydrogen-bond donors (Lipinski definition) is 1. The van der Waals surface area contributed by atoms with Crippen molar-refractivity contribution < 1.29 is 14.3 Å². The maximum atomic E-state index is 11.8. The van der Waals surface area contributed by atoms with Gasteiger partial charge in [-0.2, -0.15) is 0 Å². The Bertz CT molecular complexity index is 266. The fourth-order valence-corrected chi connectivity index (χ4v) is 2.20. The van der Waals surface area contributed by atoms with Gasteiger partial charge in [0.2, 0.25) is 0 Å². The summed E-state index contributed by atoms with van der Waals surface area (Å²) >= 11 is 1.37. The molecule has 4 nitrogen and oxygen atoms in total. The van der Waals surface area contributed by atoms with Gasteiger partial charge in [0, 0.05) is 5.92 Å². The van der Waals surface area contributed by atoms with Crippen LogP contribution in [0.25, 0.3) is 0 Å². The van der Waals surface area contributed by atoms with Crippen LogP contribution in [-0.2, 0) is 14.3 Å². The number of allylic oxidation sites excluding steroid dienone is 1. The van der Waals surface area contributed by atoms with Crippen molar-refractivity contribution in [3.63, 3.8) is 0 Å². The molecular weight excluding hydrogens is 238 g/mol. The second-order valence-corrected chi connectivity index (χ2v) is 4.43. The summed E-state index contributed by atoms with van der Waals surface area (Å²) in [5.41, 5.74) is 0. The van der Waals surface area contributed by atoms with E-state index in [4.69, 9.17) is 9.47 Å². The van der Waals surface area contributed by atoms with Crippen LogP contribution in [0.3, 0.4) is 0 Å². The molecule has 0 saturated carbocycles. The maximum absolute atomic E-state index is 11.8. The van der Waals surface area contributed by atoms with Gasteiger partial charge in [0.1, 0.15) is 10.7 Å². The van der Waals surface area contributed by atoms with E-state index in [0.29, 0.717) is 17.3 Å². The number of ether oxygens (including phenoxy) is 2. The van der Waals surface area contributed by atoms with Crippen LogP contribution < -0.4 is 5.32 Å². The molecule has 0 aliphatic carbocycles. The molecule has 0 aromatic carbocycles. The number of rotatable bonds is 8. The van der Waals surface area contributed by atoms with Gasteiger partial charge in [-0.15, -0.1) is 11.8 Å². The molecule has 1 N–H and O–H groups in total. The normalized spacial score (nSPS) is 13.9. The predicted octanol–water partition coefficient (Wildman–Crippen LogP) is 2.02. The molecule has 0 radical (unpaired) electrons. The summed E-state index contributed by atoms with van der Waals surface area (Å²) in [4.78, 5) is 12.3. The fraction of sp³-hybridized carbons (Fsp3) is 0.750. The standard InChI is InChI=1S/C12H23NO3S/c1-6-16-12(14)11(17-5)10(15-4)9(2)7-8-13-3/h9,13H,6-8H2,1-5H3/b11-10+. The minimum atomic E-state index is -0.298. The topological polar surface area (TPSA) is 47.6 Å². The summed E-state index contributed by atoms with van der Waals surface area (Å²) in [6, 6.07) is 0. The molecule has 1 atom stereocenters. The third-order valence-electron chi connectivity index (χ3n) is 2.38. The summed E-state index contributed by atoms with van der Waals surface area (Å²) in [5, 5.41) is 3.09. The molecule has 17 heavy (non-hydrogen) atoms. The van der Waals surface area contributed by atoms with E-state index >= 15 is 0 Å². The van der Waals surface area contributed by atoms with E-state index in [0.717, 1.165) is 13.0 Å². The van der Waals surface area contributed by atoms with E-state index in [-0.39, 0.29) is 11.9 Å². The summed E-state index contributed by atoms with van der Waals surface area (Å²) in [6.07, 6.45) is 2.78. The van der Waals surface area contributed by atoms with E-state index in [9.17, 15) is 4.79 Å². The second-order valence-electron chi connectivity index (χ2n) is 3.62. The Morgan fingerprint density at radius 3 is 2.53 bits per heavy atom. The van der Waals surface area contributed by atoms with Crippen LogP contribution in [-0.4, -0.2) is 39.5 Å². The Balaban J connectivity index is 4.89. The number of nitrogens with one attached hydrogen (secondary N) is 1. The molecule has 0 fully saturated rings. The Morgan fingerprint density at radius 2 is 2.12 bits per heavy atom. The van der Waals surface area contributed by atoms with Gasteiger partial charge < -0.3 is 14.8 Å². The lowest BCUT2D eigenvalue weighted by Gasteiger charge is -2.17. The summed E-state index contributed by atoms with van der Waals surface area (Å²) in [7, 11) is 3.50. The van der Waals surface area contributed by atoms with Crippen molar-refractivity contribution in [2.24, 2.45) is 5.92 Å². The average molecular weight is 261 g/mol. The SMILES string of the molecule is CCOC(=O)/C(SC)=C(\OC)C(C)CCNC. The number of hydrogen-bond acceptors (Lipinski definition) is 5. The molecule has 0 bridgehead atoms. The first-order valence-electron chi connectivity index (χ1n) is 5.76. The van der Waals surface area contributed by atoms with Crippen LogP contribution >= 0.6 is 11.8 Å². The number of esters is 1. The monoisotopic (exact) mass is 261 g/mol. The van der Waals surface area contributed by atoms with Crippen molar-refractivity contribution in [2.75, 3.05) is 33.6 Å².